The molecule has 122 valence electrons. The van der Waals surface area contributed by atoms with Crippen molar-refractivity contribution in [1.29, 1.82) is 0 Å². The molecule has 0 spiro atoms. The van der Waals surface area contributed by atoms with Crippen molar-refractivity contribution >= 4 is 17.7 Å². The molecule has 6 nitrogen and oxygen atoms in total. The minimum atomic E-state index is -0.954. The van der Waals surface area contributed by atoms with Gasteiger partial charge in [-0.1, -0.05) is 39.0 Å². The van der Waals surface area contributed by atoms with Crippen LogP contribution in [0.25, 0.3) is 0 Å². The lowest BCUT2D eigenvalue weighted by Gasteiger charge is -2.25. The van der Waals surface area contributed by atoms with Crippen molar-refractivity contribution in [2.75, 3.05) is 5.32 Å². The lowest BCUT2D eigenvalue weighted by molar-refractivity contribution is -0.137. The van der Waals surface area contributed by atoms with Crippen molar-refractivity contribution in [3.8, 4) is 0 Å². The Morgan fingerprint density at radius 2 is 2.14 bits per heavy atom. The van der Waals surface area contributed by atoms with E-state index >= 15 is 0 Å². The first kappa shape index (κ1) is 16.5. The second-order valence-electron chi connectivity index (χ2n) is 6.13. The number of hydrogen-bond acceptors (Lipinski definition) is 3. The van der Waals surface area contributed by atoms with Crippen LogP contribution in [0.5, 0.6) is 0 Å². The van der Waals surface area contributed by atoms with Crippen LogP contribution in [0.15, 0.2) is 12.3 Å². The quantitative estimate of drug-likeness (QED) is 0.811. The smallest absolute Gasteiger partial charge is 0.325 e. The molecule has 1 saturated carbocycles. The molecule has 1 aromatic rings. The highest BCUT2D eigenvalue weighted by Crippen LogP contribution is 2.30. The first-order chi connectivity index (χ1) is 10.6. The van der Waals surface area contributed by atoms with E-state index in [1.165, 1.54) is 36.8 Å². The zero-order valence-corrected chi connectivity index (χ0v) is 13.1. The SMILES string of the molecule is CCC(CC1CCCCC1)C(=O)Nc1ccn(CC(=O)O)n1. The minimum absolute atomic E-state index is 0.00588. The maximum Gasteiger partial charge on any atom is 0.325 e. The van der Waals surface area contributed by atoms with E-state index in [1.807, 2.05) is 6.92 Å². The number of carboxylic acid groups (broad SMARTS) is 1. The highest BCUT2D eigenvalue weighted by molar-refractivity contribution is 5.91. The number of aliphatic carboxylic acids is 1. The predicted molar refractivity (Wildman–Crippen MR) is 83.5 cm³/mol. The lowest BCUT2D eigenvalue weighted by Crippen LogP contribution is -2.25. The fraction of sp³-hybridized carbons (Fsp3) is 0.688. The predicted octanol–water partition coefficient (Wildman–Crippen LogP) is 2.90. The monoisotopic (exact) mass is 307 g/mol. The number of aromatic nitrogens is 2. The summed E-state index contributed by atoms with van der Waals surface area (Å²) in [5, 5.41) is 15.6. The molecule has 0 saturated heterocycles. The number of rotatable bonds is 7. The summed E-state index contributed by atoms with van der Waals surface area (Å²) in [6, 6.07) is 1.63. The van der Waals surface area contributed by atoms with E-state index in [0.717, 1.165) is 12.8 Å². The number of anilines is 1. The summed E-state index contributed by atoms with van der Waals surface area (Å²) in [5.74, 6) is 0.133. The third kappa shape index (κ3) is 4.86. The van der Waals surface area contributed by atoms with Crippen molar-refractivity contribution in [2.24, 2.45) is 11.8 Å². The Kier molecular flexibility index (Phi) is 5.98. The molecule has 1 atom stereocenters. The molecule has 1 aliphatic rings. The summed E-state index contributed by atoms with van der Waals surface area (Å²) in [7, 11) is 0. The number of carbonyl (C=O) groups excluding carboxylic acids is 1. The van der Waals surface area contributed by atoms with E-state index in [4.69, 9.17) is 5.11 Å². The van der Waals surface area contributed by atoms with Crippen molar-refractivity contribution in [1.82, 2.24) is 9.78 Å². The van der Waals surface area contributed by atoms with Gasteiger partial charge in [-0.3, -0.25) is 14.3 Å². The zero-order valence-electron chi connectivity index (χ0n) is 13.1. The summed E-state index contributed by atoms with van der Waals surface area (Å²) < 4.78 is 1.31. The maximum absolute atomic E-state index is 12.4. The van der Waals surface area contributed by atoms with Gasteiger partial charge in [0.1, 0.15) is 6.54 Å². The number of hydrogen-bond donors (Lipinski definition) is 2. The Hall–Kier alpha value is -1.85. The molecule has 1 amide bonds. The molecule has 1 fully saturated rings. The molecule has 6 heteroatoms. The van der Waals surface area contributed by atoms with Gasteiger partial charge in [0.05, 0.1) is 0 Å². The van der Waals surface area contributed by atoms with Gasteiger partial charge in [-0.05, 0) is 18.8 Å². The van der Waals surface area contributed by atoms with Gasteiger partial charge in [0.15, 0.2) is 5.82 Å². The van der Waals surface area contributed by atoms with E-state index in [1.54, 1.807) is 12.3 Å². The number of carbonyl (C=O) groups is 2. The molecular weight excluding hydrogens is 282 g/mol. The fourth-order valence-electron chi connectivity index (χ4n) is 3.17. The van der Waals surface area contributed by atoms with Gasteiger partial charge < -0.3 is 10.4 Å². The molecule has 22 heavy (non-hydrogen) atoms. The van der Waals surface area contributed by atoms with Crippen molar-refractivity contribution in [3.63, 3.8) is 0 Å². The lowest BCUT2D eigenvalue weighted by atomic mass is 9.82. The van der Waals surface area contributed by atoms with E-state index in [2.05, 4.69) is 10.4 Å². The van der Waals surface area contributed by atoms with Gasteiger partial charge in [-0.15, -0.1) is 0 Å². The molecule has 1 unspecified atom stereocenters. The summed E-state index contributed by atoms with van der Waals surface area (Å²) in [4.78, 5) is 23.0. The minimum Gasteiger partial charge on any atom is -0.480 e. The molecule has 0 bridgehead atoms. The second-order valence-corrected chi connectivity index (χ2v) is 6.13. The first-order valence-electron chi connectivity index (χ1n) is 8.14. The molecule has 2 rings (SSSR count). The van der Waals surface area contributed by atoms with Gasteiger partial charge >= 0.3 is 5.97 Å². The van der Waals surface area contributed by atoms with Crippen molar-refractivity contribution in [2.45, 2.75) is 58.4 Å². The average Bonchev–Trinajstić information content (AvgIpc) is 2.92. The average molecular weight is 307 g/mol. The van der Waals surface area contributed by atoms with E-state index < -0.39 is 5.97 Å². The van der Waals surface area contributed by atoms with Crippen LogP contribution in [0, 0.1) is 11.8 Å². The number of carboxylic acids is 1. The molecule has 2 N–H and O–H groups in total. The van der Waals surface area contributed by atoms with Crippen LogP contribution in [0.3, 0.4) is 0 Å². The molecule has 1 aliphatic carbocycles. The highest BCUT2D eigenvalue weighted by atomic mass is 16.4. The fourth-order valence-corrected chi connectivity index (χ4v) is 3.17. The zero-order chi connectivity index (χ0) is 15.9. The third-order valence-electron chi connectivity index (χ3n) is 4.40. The van der Waals surface area contributed by atoms with Crippen LogP contribution in [0.1, 0.15) is 51.9 Å². The highest BCUT2D eigenvalue weighted by Gasteiger charge is 2.23. The Labute approximate surface area is 130 Å². The Morgan fingerprint density at radius 3 is 2.77 bits per heavy atom. The van der Waals surface area contributed by atoms with Gasteiger partial charge in [-0.2, -0.15) is 5.10 Å². The molecule has 0 aromatic carbocycles. The van der Waals surface area contributed by atoms with Crippen LogP contribution >= 0.6 is 0 Å². The Bertz CT molecular complexity index is 506. The second kappa shape index (κ2) is 7.96. The number of nitrogens with one attached hydrogen (secondary N) is 1. The summed E-state index contributed by atoms with van der Waals surface area (Å²) >= 11 is 0. The van der Waals surface area contributed by atoms with E-state index in [-0.39, 0.29) is 18.4 Å². The molecule has 1 heterocycles. The Morgan fingerprint density at radius 1 is 1.41 bits per heavy atom. The maximum atomic E-state index is 12.4. The van der Waals surface area contributed by atoms with Crippen LogP contribution < -0.4 is 5.32 Å². The van der Waals surface area contributed by atoms with Gasteiger partial charge in [0, 0.05) is 18.2 Å². The van der Waals surface area contributed by atoms with Crippen LogP contribution in [-0.2, 0) is 16.1 Å². The molecule has 1 aromatic heterocycles. The summed E-state index contributed by atoms with van der Waals surface area (Å²) in [6.07, 6.45) is 9.67. The topological polar surface area (TPSA) is 84.2 Å². The van der Waals surface area contributed by atoms with Crippen molar-refractivity contribution < 1.29 is 14.7 Å². The standard InChI is InChI=1S/C16H25N3O3/c1-2-13(10-12-6-4-3-5-7-12)16(22)17-14-8-9-19(18-14)11-15(20)21/h8-9,12-13H,2-7,10-11H2,1H3,(H,20,21)(H,17,18,22). The summed E-state index contributed by atoms with van der Waals surface area (Å²) in [5.41, 5.74) is 0. The third-order valence-corrected chi connectivity index (χ3v) is 4.40. The number of nitrogens with zero attached hydrogens (tertiary/aromatic N) is 2. The molecule has 0 radical (unpaired) electrons. The van der Waals surface area contributed by atoms with Gasteiger partial charge in [0.2, 0.25) is 5.91 Å². The van der Waals surface area contributed by atoms with Crippen LogP contribution in [-0.4, -0.2) is 26.8 Å². The largest absolute Gasteiger partial charge is 0.480 e. The molecule has 0 aliphatic heterocycles. The van der Waals surface area contributed by atoms with Crippen LogP contribution in [0.4, 0.5) is 5.82 Å². The molecular formula is C16H25N3O3. The van der Waals surface area contributed by atoms with Gasteiger partial charge in [-0.25, -0.2) is 0 Å². The van der Waals surface area contributed by atoms with Crippen LogP contribution in [0.2, 0.25) is 0 Å². The normalized spacial score (nSPS) is 17.1. The van der Waals surface area contributed by atoms with Crippen molar-refractivity contribution in [3.05, 3.63) is 12.3 Å². The van der Waals surface area contributed by atoms with E-state index in [9.17, 15) is 9.59 Å². The van der Waals surface area contributed by atoms with E-state index in [0.29, 0.717) is 11.7 Å². The summed E-state index contributed by atoms with van der Waals surface area (Å²) in [6.45, 7) is 1.84. The Balaban J connectivity index is 1.88. The first-order valence-corrected chi connectivity index (χ1v) is 8.14. The number of amides is 1. The van der Waals surface area contributed by atoms with Gasteiger partial charge in [0.25, 0.3) is 0 Å².